The van der Waals surface area contributed by atoms with Crippen LogP contribution in [0.3, 0.4) is 0 Å². The lowest BCUT2D eigenvalue weighted by Crippen LogP contribution is -2.07. The summed E-state index contributed by atoms with van der Waals surface area (Å²) < 4.78 is 6.32. The summed E-state index contributed by atoms with van der Waals surface area (Å²) in [7, 11) is 0. The molecule has 0 saturated heterocycles. The zero-order valence-corrected chi connectivity index (χ0v) is 16.3. The second-order valence-corrected chi connectivity index (χ2v) is 7.15. The first-order valence-corrected chi connectivity index (χ1v) is 9.77. The highest BCUT2D eigenvalue weighted by Gasteiger charge is 2.16. The number of alkyl halides is 1. The molecule has 0 bridgehead atoms. The Hall–Kier alpha value is -2.06. The molecule has 25 heavy (non-hydrogen) atoms. The second-order valence-electron chi connectivity index (χ2n) is 6.59. The van der Waals surface area contributed by atoms with Gasteiger partial charge < -0.3 is 4.74 Å². The highest BCUT2D eigenvalue weighted by Crippen LogP contribution is 2.41. The second kappa shape index (κ2) is 8.35. The zero-order valence-electron chi connectivity index (χ0n) is 14.7. The minimum absolute atomic E-state index is 0.475. The van der Waals surface area contributed by atoms with E-state index in [1.165, 1.54) is 16.7 Å². The smallest absolute Gasteiger partial charge is 0.134 e. The van der Waals surface area contributed by atoms with E-state index in [2.05, 4.69) is 90.4 Å². The maximum Gasteiger partial charge on any atom is 0.134 e. The van der Waals surface area contributed by atoms with Gasteiger partial charge in [0.05, 0.1) is 6.61 Å². The zero-order chi connectivity index (χ0) is 17.6. The Morgan fingerprint density at radius 3 is 1.68 bits per heavy atom. The molecule has 3 aromatic carbocycles. The Labute approximate surface area is 158 Å². The molecule has 0 heterocycles. The first-order chi connectivity index (χ1) is 12.2. The Morgan fingerprint density at radius 1 is 0.800 bits per heavy atom. The van der Waals surface area contributed by atoms with Crippen LogP contribution in [0.15, 0.2) is 72.8 Å². The standard InChI is InChI=1S/C23H23BrO/c1-17(2)16-25-23-21(19-9-5-3-6-10-19)13-18(15-24)14-22(23)20-11-7-4-8-12-20/h3-14,17H,15-16H2,1-2H3. The molecule has 0 amide bonds. The first kappa shape index (κ1) is 17.8. The van der Waals surface area contributed by atoms with Crippen LogP contribution >= 0.6 is 15.9 Å². The Balaban J connectivity index is 2.21. The van der Waals surface area contributed by atoms with Gasteiger partial charge in [-0.25, -0.2) is 0 Å². The Morgan fingerprint density at radius 2 is 1.28 bits per heavy atom. The Kier molecular flexibility index (Phi) is 5.93. The van der Waals surface area contributed by atoms with Crippen molar-refractivity contribution in [3.05, 3.63) is 78.4 Å². The van der Waals surface area contributed by atoms with Crippen molar-refractivity contribution in [1.29, 1.82) is 0 Å². The molecule has 3 rings (SSSR count). The summed E-state index contributed by atoms with van der Waals surface area (Å²) in [6, 6.07) is 25.4. The van der Waals surface area contributed by atoms with Crippen LogP contribution in [0.2, 0.25) is 0 Å². The van der Waals surface area contributed by atoms with Gasteiger partial charge in [-0.2, -0.15) is 0 Å². The van der Waals surface area contributed by atoms with E-state index in [0.717, 1.165) is 22.2 Å². The van der Waals surface area contributed by atoms with E-state index in [1.54, 1.807) is 0 Å². The van der Waals surface area contributed by atoms with Gasteiger partial charge in [-0.3, -0.25) is 0 Å². The van der Waals surface area contributed by atoms with Crippen LogP contribution in [0.5, 0.6) is 5.75 Å². The predicted octanol–water partition coefficient (Wildman–Crippen LogP) is 6.95. The van der Waals surface area contributed by atoms with E-state index < -0.39 is 0 Å². The molecule has 3 aromatic rings. The van der Waals surface area contributed by atoms with Gasteiger partial charge in [0.25, 0.3) is 0 Å². The lowest BCUT2D eigenvalue weighted by atomic mass is 9.95. The van der Waals surface area contributed by atoms with E-state index >= 15 is 0 Å². The molecule has 1 nitrogen and oxygen atoms in total. The number of hydrogen-bond acceptors (Lipinski definition) is 1. The van der Waals surface area contributed by atoms with E-state index in [4.69, 9.17) is 4.74 Å². The molecule has 128 valence electrons. The molecular formula is C23H23BrO. The minimum atomic E-state index is 0.475. The fourth-order valence-corrected chi connectivity index (χ4v) is 3.16. The number of benzene rings is 3. The number of halogens is 1. The van der Waals surface area contributed by atoms with Crippen LogP contribution in [0.1, 0.15) is 19.4 Å². The quantitative estimate of drug-likeness (QED) is 0.410. The summed E-state index contributed by atoms with van der Waals surface area (Å²) in [5.74, 6) is 1.44. The summed E-state index contributed by atoms with van der Waals surface area (Å²) in [5.41, 5.74) is 5.91. The van der Waals surface area contributed by atoms with E-state index in [9.17, 15) is 0 Å². The van der Waals surface area contributed by atoms with Gasteiger partial charge in [0.2, 0.25) is 0 Å². The van der Waals surface area contributed by atoms with Gasteiger partial charge >= 0.3 is 0 Å². The van der Waals surface area contributed by atoms with Gasteiger partial charge in [0.1, 0.15) is 5.75 Å². The fraction of sp³-hybridized carbons (Fsp3) is 0.217. The summed E-state index contributed by atoms with van der Waals surface area (Å²) in [5, 5.41) is 0.817. The molecule has 0 aliphatic carbocycles. The lowest BCUT2D eigenvalue weighted by Gasteiger charge is -2.19. The van der Waals surface area contributed by atoms with Crippen molar-refractivity contribution in [2.75, 3.05) is 6.61 Å². The molecule has 2 heteroatoms. The topological polar surface area (TPSA) is 9.23 Å². The average molecular weight is 395 g/mol. The van der Waals surface area contributed by atoms with Crippen molar-refractivity contribution in [1.82, 2.24) is 0 Å². The molecule has 0 aliphatic heterocycles. The number of rotatable bonds is 6. The van der Waals surface area contributed by atoms with E-state index in [-0.39, 0.29) is 0 Å². The van der Waals surface area contributed by atoms with E-state index in [0.29, 0.717) is 12.5 Å². The van der Waals surface area contributed by atoms with Crippen molar-refractivity contribution in [2.45, 2.75) is 19.2 Å². The third-order valence-corrected chi connectivity index (χ3v) is 4.68. The van der Waals surface area contributed by atoms with Crippen molar-refractivity contribution >= 4 is 15.9 Å². The maximum absolute atomic E-state index is 6.32. The average Bonchev–Trinajstić information content (AvgIpc) is 2.67. The van der Waals surface area contributed by atoms with Gasteiger partial charge in [0.15, 0.2) is 0 Å². The van der Waals surface area contributed by atoms with Gasteiger partial charge in [-0.15, -0.1) is 0 Å². The molecule has 0 N–H and O–H groups in total. The monoisotopic (exact) mass is 394 g/mol. The van der Waals surface area contributed by atoms with Crippen LogP contribution in [0, 0.1) is 5.92 Å². The van der Waals surface area contributed by atoms with Crippen molar-refractivity contribution < 1.29 is 4.74 Å². The molecule has 0 unspecified atom stereocenters. The van der Waals surface area contributed by atoms with Gasteiger partial charge in [0, 0.05) is 16.5 Å². The largest absolute Gasteiger partial charge is 0.492 e. The number of ether oxygens (including phenoxy) is 1. The molecule has 0 saturated carbocycles. The molecule has 0 spiro atoms. The summed E-state index contributed by atoms with van der Waals surface area (Å²) in [4.78, 5) is 0. The molecule has 0 aliphatic rings. The van der Waals surface area contributed by atoms with Gasteiger partial charge in [-0.1, -0.05) is 90.4 Å². The third-order valence-electron chi connectivity index (χ3n) is 4.03. The van der Waals surface area contributed by atoms with Crippen molar-refractivity contribution in [3.8, 4) is 28.0 Å². The first-order valence-electron chi connectivity index (χ1n) is 8.65. The molecule has 0 fully saturated rings. The summed E-state index contributed by atoms with van der Waals surface area (Å²) in [6.45, 7) is 5.06. The maximum atomic E-state index is 6.32. The highest BCUT2D eigenvalue weighted by molar-refractivity contribution is 9.08. The van der Waals surface area contributed by atoms with Gasteiger partial charge in [-0.05, 0) is 34.7 Å². The normalized spacial score (nSPS) is 10.9. The number of hydrogen-bond donors (Lipinski definition) is 0. The Bertz CT molecular complexity index is 750. The van der Waals surface area contributed by atoms with Crippen LogP contribution < -0.4 is 4.74 Å². The van der Waals surface area contributed by atoms with Crippen molar-refractivity contribution in [2.24, 2.45) is 5.92 Å². The third kappa shape index (κ3) is 4.32. The molecule has 0 atom stereocenters. The lowest BCUT2D eigenvalue weighted by molar-refractivity contribution is 0.273. The van der Waals surface area contributed by atoms with Crippen LogP contribution in [-0.4, -0.2) is 6.61 Å². The highest BCUT2D eigenvalue weighted by atomic mass is 79.9. The predicted molar refractivity (Wildman–Crippen MR) is 110 cm³/mol. The van der Waals surface area contributed by atoms with E-state index in [1.807, 2.05) is 12.1 Å². The summed E-state index contributed by atoms with van der Waals surface area (Å²) >= 11 is 3.62. The molecule has 0 radical (unpaired) electrons. The van der Waals surface area contributed by atoms with Crippen LogP contribution in [0.25, 0.3) is 22.3 Å². The fourth-order valence-electron chi connectivity index (χ4n) is 2.84. The van der Waals surface area contributed by atoms with Crippen molar-refractivity contribution in [3.63, 3.8) is 0 Å². The molecular weight excluding hydrogens is 372 g/mol. The van der Waals surface area contributed by atoms with Crippen LogP contribution in [-0.2, 0) is 5.33 Å². The minimum Gasteiger partial charge on any atom is -0.492 e. The SMILES string of the molecule is CC(C)COc1c(-c2ccccc2)cc(CBr)cc1-c1ccccc1. The molecule has 0 aromatic heterocycles. The summed E-state index contributed by atoms with van der Waals surface area (Å²) in [6.07, 6.45) is 0. The van der Waals surface area contributed by atoms with Crippen LogP contribution in [0.4, 0.5) is 0 Å².